The fourth-order valence-corrected chi connectivity index (χ4v) is 1.64. The van der Waals surface area contributed by atoms with Gasteiger partial charge in [-0.05, 0) is 38.3 Å². The van der Waals surface area contributed by atoms with Crippen molar-refractivity contribution >= 4 is 11.6 Å². The third-order valence-corrected chi connectivity index (χ3v) is 2.57. The third-order valence-electron chi connectivity index (χ3n) is 2.57. The summed E-state index contributed by atoms with van der Waals surface area (Å²) < 4.78 is 0. The predicted molar refractivity (Wildman–Crippen MR) is 73.0 cm³/mol. The average Bonchev–Trinajstić information content (AvgIpc) is 2.35. The van der Waals surface area contributed by atoms with E-state index in [2.05, 4.69) is 17.5 Å². The maximum Gasteiger partial charge on any atom is 0.224 e. The van der Waals surface area contributed by atoms with Crippen molar-refractivity contribution in [3.8, 4) is 0 Å². The lowest BCUT2D eigenvalue weighted by Crippen LogP contribution is -2.10. The summed E-state index contributed by atoms with van der Waals surface area (Å²) in [4.78, 5) is 11.6. The van der Waals surface area contributed by atoms with Crippen molar-refractivity contribution in [3.63, 3.8) is 0 Å². The van der Waals surface area contributed by atoms with Gasteiger partial charge in [-0.25, -0.2) is 0 Å². The smallest absolute Gasteiger partial charge is 0.224 e. The lowest BCUT2D eigenvalue weighted by Gasteiger charge is -2.04. The van der Waals surface area contributed by atoms with Crippen LogP contribution in [0.4, 0.5) is 5.69 Å². The second-order valence-corrected chi connectivity index (χ2v) is 4.08. The molecule has 0 bridgehead atoms. The highest BCUT2D eigenvalue weighted by Gasteiger charge is 2.00. The quantitative estimate of drug-likeness (QED) is 0.554. The zero-order valence-electron chi connectivity index (χ0n) is 10.5. The summed E-state index contributed by atoms with van der Waals surface area (Å²) in [7, 11) is 0. The Kier molecular flexibility index (Phi) is 6.80. The lowest BCUT2D eigenvalue weighted by molar-refractivity contribution is -0.116. The number of hydrogen-bond donors (Lipinski definition) is 1. The molecule has 1 amide bonds. The standard InChI is InChI=1S/C15H21NO/c1-2-3-4-5-6-10-13-15(17)16-14-11-8-7-9-12-14/h2-3,7-9,11-12H,4-6,10,13H2,1H3,(H,16,17)/b3-2+. The number of allylic oxidation sites excluding steroid dienone is 2. The summed E-state index contributed by atoms with van der Waals surface area (Å²) in [5, 5.41) is 2.89. The predicted octanol–water partition coefficient (Wildman–Crippen LogP) is 4.15. The molecular formula is C15H21NO. The van der Waals surface area contributed by atoms with E-state index in [4.69, 9.17) is 0 Å². The van der Waals surface area contributed by atoms with E-state index in [1.165, 1.54) is 6.42 Å². The van der Waals surface area contributed by atoms with E-state index < -0.39 is 0 Å². The van der Waals surface area contributed by atoms with Crippen LogP contribution in [0.3, 0.4) is 0 Å². The zero-order valence-corrected chi connectivity index (χ0v) is 10.5. The van der Waals surface area contributed by atoms with Gasteiger partial charge in [-0.2, -0.15) is 0 Å². The van der Waals surface area contributed by atoms with Gasteiger partial charge < -0.3 is 5.32 Å². The first kappa shape index (κ1) is 13.5. The monoisotopic (exact) mass is 231 g/mol. The van der Waals surface area contributed by atoms with Gasteiger partial charge in [-0.15, -0.1) is 0 Å². The first-order valence-electron chi connectivity index (χ1n) is 6.29. The highest BCUT2D eigenvalue weighted by atomic mass is 16.1. The maximum atomic E-state index is 11.6. The van der Waals surface area contributed by atoms with Crippen LogP contribution in [0.2, 0.25) is 0 Å². The van der Waals surface area contributed by atoms with Gasteiger partial charge in [-0.3, -0.25) is 4.79 Å². The summed E-state index contributed by atoms with van der Waals surface area (Å²) >= 11 is 0. The van der Waals surface area contributed by atoms with Gasteiger partial charge in [0.15, 0.2) is 0 Å². The molecule has 0 aliphatic heterocycles. The van der Waals surface area contributed by atoms with Crippen molar-refractivity contribution in [2.24, 2.45) is 0 Å². The van der Waals surface area contributed by atoms with Crippen LogP contribution < -0.4 is 5.32 Å². The number of unbranched alkanes of at least 4 members (excludes halogenated alkanes) is 3. The summed E-state index contributed by atoms with van der Waals surface area (Å²) in [6, 6.07) is 9.60. The van der Waals surface area contributed by atoms with E-state index in [1.54, 1.807) is 0 Å². The van der Waals surface area contributed by atoms with Gasteiger partial charge >= 0.3 is 0 Å². The molecule has 0 aliphatic carbocycles. The van der Waals surface area contributed by atoms with Crippen molar-refractivity contribution in [3.05, 3.63) is 42.5 Å². The first-order valence-corrected chi connectivity index (χ1v) is 6.29. The number of benzene rings is 1. The van der Waals surface area contributed by atoms with E-state index >= 15 is 0 Å². The van der Waals surface area contributed by atoms with Gasteiger partial charge in [-0.1, -0.05) is 36.8 Å². The number of amides is 1. The molecule has 0 unspecified atom stereocenters. The van der Waals surface area contributed by atoms with Crippen molar-refractivity contribution < 1.29 is 4.79 Å². The SMILES string of the molecule is C/C=C/CCCCCC(=O)Nc1ccccc1. The molecule has 0 aromatic heterocycles. The molecule has 1 N–H and O–H groups in total. The van der Waals surface area contributed by atoms with Crippen LogP contribution in [0.5, 0.6) is 0 Å². The number of rotatable bonds is 7. The molecule has 0 saturated heterocycles. The minimum absolute atomic E-state index is 0.113. The third kappa shape index (κ3) is 6.56. The Morgan fingerprint density at radius 1 is 1.18 bits per heavy atom. The number of para-hydroxylation sites is 1. The number of nitrogens with one attached hydrogen (secondary N) is 1. The molecule has 0 atom stereocenters. The minimum atomic E-state index is 0.113. The van der Waals surface area contributed by atoms with Crippen LogP contribution in [0.25, 0.3) is 0 Å². The Hall–Kier alpha value is -1.57. The Morgan fingerprint density at radius 3 is 2.65 bits per heavy atom. The average molecular weight is 231 g/mol. The molecule has 0 spiro atoms. The number of hydrogen-bond acceptors (Lipinski definition) is 1. The molecule has 0 fully saturated rings. The second kappa shape index (κ2) is 8.57. The summed E-state index contributed by atoms with van der Waals surface area (Å²) in [6.07, 6.45) is 9.24. The number of anilines is 1. The van der Waals surface area contributed by atoms with Gasteiger partial charge in [0.25, 0.3) is 0 Å². The Balaban J connectivity index is 2.10. The van der Waals surface area contributed by atoms with Crippen LogP contribution in [0, 0.1) is 0 Å². The largest absolute Gasteiger partial charge is 0.326 e. The number of carbonyl (C=O) groups excluding carboxylic acids is 1. The molecule has 1 aromatic rings. The van der Waals surface area contributed by atoms with Crippen LogP contribution >= 0.6 is 0 Å². The van der Waals surface area contributed by atoms with E-state index in [9.17, 15) is 4.79 Å². The molecular weight excluding hydrogens is 210 g/mol. The van der Waals surface area contributed by atoms with Crippen molar-refractivity contribution in [2.75, 3.05) is 5.32 Å². The molecule has 92 valence electrons. The normalized spacial score (nSPS) is 10.6. The topological polar surface area (TPSA) is 29.1 Å². The van der Waals surface area contributed by atoms with Crippen LogP contribution in [0.15, 0.2) is 42.5 Å². The van der Waals surface area contributed by atoms with Crippen LogP contribution in [0.1, 0.15) is 39.0 Å². The van der Waals surface area contributed by atoms with Crippen molar-refractivity contribution in [1.82, 2.24) is 0 Å². The lowest BCUT2D eigenvalue weighted by atomic mass is 10.1. The Morgan fingerprint density at radius 2 is 1.94 bits per heavy atom. The summed E-state index contributed by atoms with van der Waals surface area (Å²) in [5.74, 6) is 0.113. The van der Waals surface area contributed by atoms with Gasteiger partial charge in [0, 0.05) is 12.1 Å². The van der Waals surface area contributed by atoms with Crippen LogP contribution in [-0.4, -0.2) is 5.91 Å². The molecule has 0 radical (unpaired) electrons. The molecule has 0 saturated carbocycles. The molecule has 0 aliphatic rings. The minimum Gasteiger partial charge on any atom is -0.326 e. The summed E-state index contributed by atoms with van der Waals surface area (Å²) in [5.41, 5.74) is 0.881. The van der Waals surface area contributed by atoms with Crippen molar-refractivity contribution in [2.45, 2.75) is 39.0 Å². The van der Waals surface area contributed by atoms with Gasteiger partial charge in [0.2, 0.25) is 5.91 Å². The first-order chi connectivity index (χ1) is 8.33. The molecule has 17 heavy (non-hydrogen) atoms. The second-order valence-electron chi connectivity index (χ2n) is 4.08. The molecule has 2 heteroatoms. The maximum absolute atomic E-state index is 11.6. The van der Waals surface area contributed by atoms with Gasteiger partial charge in [0.1, 0.15) is 0 Å². The van der Waals surface area contributed by atoms with E-state index in [-0.39, 0.29) is 5.91 Å². The fraction of sp³-hybridized carbons (Fsp3) is 0.400. The Bertz CT molecular complexity index is 343. The van der Waals surface area contributed by atoms with Gasteiger partial charge in [0.05, 0.1) is 0 Å². The van der Waals surface area contributed by atoms with Crippen LogP contribution in [-0.2, 0) is 4.79 Å². The zero-order chi connectivity index (χ0) is 12.3. The molecule has 0 heterocycles. The highest BCUT2D eigenvalue weighted by molar-refractivity contribution is 5.90. The van der Waals surface area contributed by atoms with E-state index in [1.807, 2.05) is 37.3 Å². The molecule has 1 aromatic carbocycles. The van der Waals surface area contributed by atoms with Crippen molar-refractivity contribution in [1.29, 1.82) is 0 Å². The fourth-order valence-electron chi connectivity index (χ4n) is 1.64. The van der Waals surface area contributed by atoms with E-state index in [0.29, 0.717) is 6.42 Å². The highest BCUT2D eigenvalue weighted by Crippen LogP contribution is 2.08. The molecule has 1 rings (SSSR count). The van der Waals surface area contributed by atoms with E-state index in [0.717, 1.165) is 24.9 Å². The number of carbonyl (C=O) groups is 1. The Labute approximate surface area is 104 Å². The molecule has 2 nitrogen and oxygen atoms in total. The summed E-state index contributed by atoms with van der Waals surface area (Å²) in [6.45, 7) is 2.04.